The third-order valence-corrected chi connectivity index (χ3v) is 1.83. The highest BCUT2D eigenvalue weighted by molar-refractivity contribution is 5.67. The summed E-state index contributed by atoms with van der Waals surface area (Å²) in [5, 5.41) is 0. The normalized spacial score (nSPS) is 11.6. The van der Waals surface area contributed by atoms with Crippen LogP contribution in [-0.2, 0) is 14.3 Å². The summed E-state index contributed by atoms with van der Waals surface area (Å²) in [5.41, 5.74) is 0.818. The number of hydrogen-bond acceptors (Lipinski definition) is 3. The first-order chi connectivity index (χ1) is 6.79. The minimum absolute atomic E-state index is 0.394. The third kappa shape index (κ3) is 2.36. The van der Waals surface area contributed by atoms with Gasteiger partial charge in [-0.15, -0.1) is 0 Å². The van der Waals surface area contributed by atoms with Crippen molar-refractivity contribution in [3.8, 4) is 0 Å². The van der Waals surface area contributed by atoms with Crippen molar-refractivity contribution in [1.29, 1.82) is 0 Å². The maximum absolute atomic E-state index is 10.3. The Labute approximate surface area is 83.0 Å². The van der Waals surface area contributed by atoms with Crippen LogP contribution >= 0.6 is 0 Å². The monoisotopic (exact) mass is 192 g/mol. The molecule has 0 aliphatic heterocycles. The maximum Gasteiger partial charge on any atom is 0.298 e. The Morgan fingerprint density at radius 3 is 2.43 bits per heavy atom. The van der Waals surface area contributed by atoms with E-state index in [2.05, 4.69) is 0 Å². The van der Waals surface area contributed by atoms with Gasteiger partial charge in [-0.1, -0.05) is 30.3 Å². The van der Waals surface area contributed by atoms with Gasteiger partial charge in [0.25, 0.3) is 6.47 Å². The SMILES string of the molecule is COC(C)=C(OC=O)c1ccccc1. The molecule has 0 atom stereocenters. The van der Waals surface area contributed by atoms with Crippen LogP contribution in [0.25, 0.3) is 5.76 Å². The lowest BCUT2D eigenvalue weighted by Crippen LogP contribution is -1.95. The van der Waals surface area contributed by atoms with Crippen LogP contribution in [0.4, 0.5) is 0 Å². The zero-order chi connectivity index (χ0) is 10.4. The number of allylic oxidation sites excluding steroid dienone is 1. The standard InChI is InChI=1S/C11H12O3/c1-9(13-2)11(14-8-12)10-6-4-3-5-7-10/h3-8H,1-2H3. The molecule has 1 rings (SSSR count). The van der Waals surface area contributed by atoms with Crippen LogP contribution in [0.2, 0.25) is 0 Å². The van der Waals surface area contributed by atoms with E-state index in [1.54, 1.807) is 6.92 Å². The van der Waals surface area contributed by atoms with Gasteiger partial charge < -0.3 is 9.47 Å². The number of carbonyl (C=O) groups is 1. The van der Waals surface area contributed by atoms with Crippen LogP contribution in [0.5, 0.6) is 0 Å². The summed E-state index contributed by atoms with van der Waals surface area (Å²) < 4.78 is 9.87. The van der Waals surface area contributed by atoms with Crippen molar-refractivity contribution < 1.29 is 14.3 Å². The average Bonchev–Trinajstić information content (AvgIpc) is 2.26. The molecule has 3 nitrogen and oxygen atoms in total. The minimum Gasteiger partial charge on any atom is -0.497 e. The van der Waals surface area contributed by atoms with Crippen LogP contribution in [0, 0.1) is 0 Å². The summed E-state index contributed by atoms with van der Waals surface area (Å²) >= 11 is 0. The highest BCUT2D eigenvalue weighted by Gasteiger charge is 2.06. The maximum atomic E-state index is 10.3. The van der Waals surface area contributed by atoms with Gasteiger partial charge in [0.15, 0.2) is 5.76 Å². The lowest BCUT2D eigenvalue weighted by atomic mass is 10.2. The molecule has 74 valence electrons. The fourth-order valence-corrected chi connectivity index (χ4v) is 1.08. The fraction of sp³-hybridized carbons (Fsp3) is 0.182. The summed E-state index contributed by atoms with van der Waals surface area (Å²) in [6.07, 6.45) is 0. The highest BCUT2D eigenvalue weighted by atomic mass is 16.5. The summed E-state index contributed by atoms with van der Waals surface area (Å²) in [7, 11) is 1.53. The van der Waals surface area contributed by atoms with Gasteiger partial charge in [0.05, 0.1) is 7.11 Å². The molecule has 0 amide bonds. The molecule has 0 spiro atoms. The fourth-order valence-electron chi connectivity index (χ4n) is 1.08. The van der Waals surface area contributed by atoms with Crippen LogP contribution in [0.15, 0.2) is 36.1 Å². The minimum atomic E-state index is 0.394. The van der Waals surface area contributed by atoms with Crippen LogP contribution in [-0.4, -0.2) is 13.6 Å². The third-order valence-electron chi connectivity index (χ3n) is 1.83. The molecule has 0 bridgehead atoms. The van der Waals surface area contributed by atoms with Gasteiger partial charge in [0.2, 0.25) is 0 Å². The van der Waals surface area contributed by atoms with Crippen molar-refractivity contribution in [3.63, 3.8) is 0 Å². The van der Waals surface area contributed by atoms with E-state index < -0.39 is 0 Å². The summed E-state index contributed by atoms with van der Waals surface area (Å²) in [6, 6.07) is 9.33. The number of ether oxygens (including phenoxy) is 2. The molecular weight excluding hydrogens is 180 g/mol. The largest absolute Gasteiger partial charge is 0.497 e. The van der Waals surface area contributed by atoms with E-state index >= 15 is 0 Å². The zero-order valence-corrected chi connectivity index (χ0v) is 8.19. The second-order valence-corrected chi connectivity index (χ2v) is 2.67. The molecule has 0 fully saturated rings. The second kappa shape index (κ2) is 5.07. The molecule has 14 heavy (non-hydrogen) atoms. The quantitative estimate of drug-likeness (QED) is 0.542. The molecule has 0 unspecified atom stereocenters. The molecule has 0 aliphatic rings. The van der Waals surface area contributed by atoms with Gasteiger partial charge in [-0.2, -0.15) is 0 Å². The smallest absolute Gasteiger partial charge is 0.298 e. The van der Waals surface area contributed by atoms with Crippen molar-refractivity contribution in [2.45, 2.75) is 6.92 Å². The van der Waals surface area contributed by atoms with Crippen molar-refractivity contribution in [2.75, 3.05) is 7.11 Å². The first-order valence-corrected chi connectivity index (χ1v) is 4.20. The van der Waals surface area contributed by atoms with E-state index in [0.29, 0.717) is 18.0 Å². The lowest BCUT2D eigenvalue weighted by Gasteiger charge is -2.08. The summed E-state index contributed by atoms with van der Waals surface area (Å²) in [6.45, 7) is 2.14. The van der Waals surface area contributed by atoms with E-state index in [1.165, 1.54) is 7.11 Å². The van der Waals surface area contributed by atoms with E-state index in [4.69, 9.17) is 9.47 Å². The van der Waals surface area contributed by atoms with Crippen LogP contribution < -0.4 is 0 Å². The molecule has 0 heterocycles. The van der Waals surface area contributed by atoms with Gasteiger partial charge in [-0.25, -0.2) is 0 Å². The predicted molar refractivity (Wildman–Crippen MR) is 53.2 cm³/mol. The number of methoxy groups -OCH3 is 1. The van der Waals surface area contributed by atoms with Gasteiger partial charge in [-0.3, -0.25) is 4.79 Å². The van der Waals surface area contributed by atoms with Gasteiger partial charge in [0.1, 0.15) is 5.76 Å². The summed E-state index contributed by atoms with van der Waals surface area (Å²) in [5.74, 6) is 1.02. The molecule has 0 radical (unpaired) electrons. The molecule has 0 aromatic heterocycles. The zero-order valence-electron chi connectivity index (χ0n) is 8.19. The molecule has 3 heteroatoms. The van der Waals surface area contributed by atoms with Crippen molar-refractivity contribution in [2.24, 2.45) is 0 Å². The molecule has 0 saturated heterocycles. The molecular formula is C11H12O3. The highest BCUT2D eigenvalue weighted by Crippen LogP contribution is 2.19. The Bertz CT molecular complexity index is 328. The molecule has 0 N–H and O–H groups in total. The summed E-state index contributed by atoms with van der Waals surface area (Å²) in [4.78, 5) is 10.3. The first kappa shape index (κ1) is 10.3. The topological polar surface area (TPSA) is 35.5 Å². The van der Waals surface area contributed by atoms with Gasteiger partial charge in [0, 0.05) is 5.56 Å². The first-order valence-electron chi connectivity index (χ1n) is 4.20. The van der Waals surface area contributed by atoms with Crippen molar-refractivity contribution in [3.05, 3.63) is 41.7 Å². The second-order valence-electron chi connectivity index (χ2n) is 2.67. The number of hydrogen-bond donors (Lipinski definition) is 0. The average molecular weight is 192 g/mol. The lowest BCUT2D eigenvalue weighted by molar-refractivity contribution is -0.122. The van der Waals surface area contributed by atoms with E-state index in [1.807, 2.05) is 30.3 Å². The van der Waals surface area contributed by atoms with Gasteiger partial charge in [-0.05, 0) is 6.92 Å². The molecule has 1 aromatic carbocycles. The predicted octanol–water partition coefficient (Wildman–Crippen LogP) is 2.19. The van der Waals surface area contributed by atoms with E-state index in [-0.39, 0.29) is 0 Å². The Kier molecular flexibility index (Phi) is 3.73. The van der Waals surface area contributed by atoms with E-state index in [9.17, 15) is 4.79 Å². The van der Waals surface area contributed by atoms with Gasteiger partial charge >= 0.3 is 0 Å². The van der Waals surface area contributed by atoms with Crippen molar-refractivity contribution in [1.82, 2.24) is 0 Å². The number of carbonyl (C=O) groups excluding carboxylic acids is 1. The Morgan fingerprint density at radius 1 is 1.29 bits per heavy atom. The van der Waals surface area contributed by atoms with Crippen LogP contribution in [0.3, 0.4) is 0 Å². The van der Waals surface area contributed by atoms with Crippen molar-refractivity contribution >= 4 is 12.2 Å². The Hall–Kier alpha value is -1.77. The number of benzene rings is 1. The Morgan fingerprint density at radius 2 is 1.93 bits per heavy atom. The molecule has 1 aromatic rings. The number of rotatable bonds is 4. The Balaban J connectivity index is 3.07. The molecule has 0 saturated carbocycles. The molecule has 0 aliphatic carbocycles. The van der Waals surface area contributed by atoms with Crippen LogP contribution in [0.1, 0.15) is 12.5 Å². The van der Waals surface area contributed by atoms with E-state index in [0.717, 1.165) is 5.56 Å².